The fourth-order valence-electron chi connectivity index (χ4n) is 2.32. The Labute approximate surface area is 137 Å². The number of aryl methyl sites for hydroxylation is 1. The molecule has 0 saturated heterocycles. The molecule has 3 nitrogen and oxygen atoms in total. The van der Waals surface area contributed by atoms with Crippen LogP contribution in [0.15, 0.2) is 22.7 Å². The quantitative estimate of drug-likeness (QED) is 0.708. The van der Waals surface area contributed by atoms with E-state index in [9.17, 15) is 8.42 Å². The molecule has 0 aromatic heterocycles. The SMILES string of the molecule is CCCNC(CCCS(=O)(=O)CC)c1cc(Br)ccc1C. The maximum atomic E-state index is 11.6. The van der Waals surface area contributed by atoms with Crippen LogP contribution < -0.4 is 5.32 Å². The Morgan fingerprint density at radius 3 is 2.62 bits per heavy atom. The Balaban J connectivity index is 2.78. The van der Waals surface area contributed by atoms with Gasteiger partial charge in [0.1, 0.15) is 9.84 Å². The summed E-state index contributed by atoms with van der Waals surface area (Å²) < 4.78 is 24.3. The molecule has 120 valence electrons. The summed E-state index contributed by atoms with van der Waals surface area (Å²) >= 11 is 3.52. The summed E-state index contributed by atoms with van der Waals surface area (Å²) in [6.45, 7) is 6.89. The van der Waals surface area contributed by atoms with Gasteiger partial charge < -0.3 is 5.32 Å². The van der Waals surface area contributed by atoms with E-state index in [1.54, 1.807) is 6.92 Å². The van der Waals surface area contributed by atoms with Crippen molar-refractivity contribution in [2.45, 2.75) is 46.1 Å². The van der Waals surface area contributed by atoms with Gasteiger partial charge in [0.25, 0.3) is 0 Å². The van der Waals surface area contributed by atoms with E-state index in [1.807, 2.05) is 6.07 Å². The first-order valence-electron chi connectivity index (χ1n) is 7.59. The minimum absolute atomic E-state index is 0.217. The van der Waals surface area contributed by atoms with Crippen LogP contribution in [-0.4, -0.2) is 26.5 Å². The lowest BCUT2D eigenvalue weighted by Crippen LogP contribution is -2.24. The summed E-state index contributed by atoms with van der Waals surface area (Å²) in [5, 5.41) is 3.54. The smallest absolute Gasteiger partial charge is 0.150 e. The second-order valence-electron chi connectivity index (χ2n) is 5.39. The van der Waals surface area contributed by atoms with Gasteiger partial charge >= 0.3 is 0 Å². The van der Waals surface area contributed by atoms with E-state index in [4.69, 9.17) is 0 Å². The van der Waals surface area contributed by atoms with E-state index >= 15 is 0 Å². The normalized spacial score (nSPS) is 13.3. The Morgan fingerprint density at radius 2 is 2.00 bits per heavy atom. The topological polar surface area (TPSA) is 46.2 Å². The molecule has 1 atom stereocenters. The minimum Gasteiger partial charge on any atom is -0.310 e. The predicted molar refractivity (Wildman–Crippen MR) is 93.5 cm³/mol. The summed E-state index contributed by atoms with van der Waals surface area (Å²) in [4.78, 5) is 0. The average Bonchev–Trinajstić information content (AvgIpc) is 2.45. The van der Waals surface area contributed by atoms with Crippen LogP contribution in [0.5, 0.6) is 0 Å². The van der Waals surface area contributed by atoms with Crippen LogP contribution in [0.4, 0.5) is 0 Å². The number of benzene rings is 1. The van der Waals surface area contributed by atoms with Gasteiger partial charge in [0.2, 0.25) is 0 Å². The number of hydrogen-bond acceptors (Lipinski definition) is 3. The lowest BCUT2D eigenvalue weighted by molar-refractivity contribution is 0.490. The van der Waals surface area contributed by atoms with Gasteiger partial charge in [0, 0.05) is 16.3 Å². The first-order chi connectivity index (χ1) is 9.89. The fourth-order valence-corrected chi connectivity index (χ4v) is 3.60. The van der Waals surface area contributed by atoms with Crippen molar-refractivity contribution >= 4 is 25.8 Å². The summed E-state index contributed by atoms with van der Waals surface area (Å²) in [6, 6.07) is 6.49. The Kier molecular flexibility index (Phi) is 7.92. The molecule has 0 aliphatic heterocycles. The molecule has 21 heavy (non-hydrogen) atoms. The van der Waals surface area contributed by atoms with Gasteiger partial charge in [-0.25, -0.2) is 8.42 Å². The van der Waals surface area contributed by atoms with Gasteiger partial charge in [0.15, 0.2) is 0 Å². The second kappa shape index (κ2) is 8.91. The number of nitrogens with one attached hydrogen (secondary N) is 1. The highest BCUT2D eigenvalue weighted by Gasteiger charge is 2.15. The van der Waals surface area contributed by atoms with Crippen LogP contribution >= 0.6 is 15.9 Å². The molecule has 0 bridgehead atoms. The molecular weight excluding hydrogens is 350 g/mol. The van der Waals surface area contributed by atoms with E-state index in [1.165, 1.54) is 11.1 Å². The highest BCUT2D eigenvalue weighted by atomic mass is 79.9. The predicted octanol–water partition coefficient (Wildman–Crippen LogP) is 4.01. The van der Waals surface area contributed by atoms with Gasteiger partial charge in [0.05, 0.1) is 5.75 Å². The lowest BCUT2D eigenvalue weighted by atomic mass is 9.97. The van der Waals surface area contributed by atoms with Crippen LogP contribution in [0.25, 0.3) is 0 Å². The molecule has 1 unspecified atom stereocenters. The molecule has 1 aromatic carbocycles. The zero-order valence-electron chi connectivity index (χ0n) is 13.2. The van der Waals surface area contributed by atoms with E-state index in [2.05, 4.69) is 47.2 Å². The van der Waals surface area contributed by atoms with Crippen LogP contribution in [0.3, 0.4) is 0 Å². The van der Waals surface area contributed by atoms with Crippen molar-refractivity contribution in [1.82, 2.24) is 5.32 Å². The number of hydrogen-bond donors (Lipinski definition) is 1. The minimum atomic E-state index is -2.87. The summed E-state index contributed by atoms with van der Waals surface area (Å²) in [5.41, 5.74) is 2.50. The molecule has 0 radical (unpaired) electrons. The summed E-state index contributed by atoms with van der Waals surface area (Å²) in [7, 11) is -2.87. The van der Waals surface area contributed by atoms with Gasteiger partial charge in [-0.15, -0.1) is 0 Å². The second-order valence-corrected chi connectivity index (χ2v) is 8.77. The van der Waals surface area contributed by atoms with Gasteiger partial charge in [-0.2, -0.15) is 0 Å². The number of sulfone groups is 1. The molecule has 0 saturated carbocycles. The average molecular weight is 376 g/mol. The zero-order valence-corrected chi connectivity index (χ0v) is 15.6. The highest BCUT2D eigenvalue weighted by molar-refractivity contribution is 9.10. The van der Waals surface area contributed by atoms with Gasteiger partial charge in [-0.05, 0) is 56.0 Å². The van der Waals surface area contributed by atoms with Crippen molar-refractivity contribution in [2.24, 2.45) is 0 Å². The Bertz CT molecular complexity index is 543. The molecular formula is C16H26BrNO2S. The fraction of sp³-hybridized carbons (Fsp3) is 0.625. The Hall–Kier alpha value is -0.390. The third-order valence-electron chi connectivity index (χ3n) is 3.65. The lowest BCUT2D eigenvalue weighted by Gasteiger charge is -2.21. The molecule has 0 aliphatic carbocycles. The molecule has 5 heteroatoms. The first-order valence-corrected chi connectivity index (χ1v) is 10.2. The number of rotatable bonds is 9. The van der Waals surface area contributed by atoms with Crippen molar-refractivity contribution in [3.8, 4) is 0 Å². The third-order valence-corrected chi connectivity index (χ3v) is 5.93. The Morgan fingerprint density at radius 1 is 1.29 bits per heavy atom. The molecule has 1 aromatic rings. The third kappa shape index (κ3) is 6.49. The van der Waals surface area contributed by atoms with E-state index in [-0.39, 0.29) is 17.5 Å². The van der Waals surface area contributed by atoms with Gasteiger partial charge in [-0.1, -0.05) is 35.8 Å². The molecule has 0 heterocycles. The molecule has 1 N–H and O–H groups in total. The van der Waals surface area contributed by atoms with Crippen molar-refractivity contribution < 1.29 is 8.42 Å². The summed E-state index contributed by atoms with van der Waals surface area (Å²) in [5.74, 6) is 0.511. The molecule has 0 spiro atoms. The van der Waals surface area contributed by atoms with E-state index in [0.717, 1.165) is 23.9 Å². The highest BCUT2D eigenvalue weighted by Crippen LogP contribution is 2.26. The molecule has 0 aliphatic rings. The molecule has 1 rings (SSSR count). The standard InChI is InChI=1S/C16H26BrNO2S/c1-4-10-18-16(7-6-11-21(19,20)5-2)15-12-14(17)9-8-13(15)3/h8-9,12,16,18H,4-7,10-11H2,1-3H3. The van der Waals surface area contributed by atoms with Crippen molar-refractivity contribution in [1.29, 1.82) is 0 Å². The molecule has 0 fully saturated rings. The van der Waals surface area contributed by atoms with Crippen molar-refractivity contribution in [3.05, 3.63) is 33.8 Å². The first kappa shape index (κ1) is 18.7. The zero-order chi connectivity index (χ0) is 15.9. The van der Waals surface area contributed by atoms with Crippen LogP contribution in [0.2, 0.25) is 0 Å². The van der Waals surface area contributed by atoms with Crippen LogP contribution in [-0.2, 0) is 9.84 Å². The maximum Gasteiger partial charge on any atom is 0.150 e. The maximum absolute atomic E-state index is 11.6. The van der Waals surface area contributed by atoms with Crippen molar-refractivity contribution in [2.75, 3.05) is 18.1 Å². The van der Waals surface area contributed by atoms with E-state index in [0.29, 0.717) is 6.42 Å². The van der Waals surface area contributed by atoms with Crippen LogP contribution in [0, 0.1) is 6.92 Å². The van der Waals surface area contributed by atoms with E-state index < -0.39 is 9.84 Å². The summed E-state index contributed by atoms with van der Waals surface area (Å²) in [6.07, 6.45) is 2.61. The van der Waals surface area contributed by atoms with Gasteiger partial charge in [-0.3, -0.25) is 0 Å². The number of halogens is 1. The monoisotopic (exact) mass is 375 g/mol. The van der Waals surface area contributed by atoms with Crippen molar-refractivity contribution in [3.63, 3.8) is 0 Å². The van der Waals surface area contributed by atoms with Crippen LogP contribution in [0.1, 0.15) is 50.3 Å². The molecule has 0 amide bonds. The largest absolute Gasteiger partial charge is 0.310 e.